The third-order valence-corrected chi connectivity index (χ3v) is 1.47. The molecule has 0 saturated heterocycles. The Hall–Kier alpha value is 0.536. The monoisotopic (exact) mass is 302 g/mol. The summed E-state index contributed by atoms with van der Waals surface area (Å²) in [6.45, 7) is 0. The van der Waals surface area contributed by atoms with E-state index in [0.717, 1.165) is 12.1 Å². The molecule has 0 spiro atoms. The number of alkyl halides is 3. The van der Waals surface area contributed by atoms with Crippen molar-refractivity contribution in [3.63, 3.8) is 0 Å². The lowest BCUT2D eigenvalue weighted by Crippen LogP contribution is -2.05. The van der Waals surface area contributed by atoms with Crippen molar-refractivity contribution in [1.82, 2.24) is 0 Å². The van der Waals surface area contributed by atoms with Gasteiger partial charge in [-0.05, 0) is 18.2 Å². The summed E-state index contributed by atoms with van der Waals surface area (Å²) in [6, 6.07) is 2.12. The SMILES string of the molecule is Br.Fc1cc(S)cc(C(F)(F)F)c1.[MgH2]. The van der Waals surface area contributed by atoms with Crippen molar-refractivity contribution in [2.75, 3.05) is 0 Å². The molecular formula is C7H7BrF4MgS. The fraction of sp³-hybridized carbons (Fsp3) is 0.143. The van der Waals surface area contributed by atoms with Crippen molar-refractivity contribution in [2.24, 2.45) is 0 Å². The molecule has 1 rings (SSSR count). The molecule has 0 radical (unpaired) electrons. The van der Waals surface area contributed by atoms with E-state index in [-0.39, 0.29) is 44.9 Å². The first kappa shape index (κ1) is 16.9. The lowest BCUT2D eigenvalue weighted by Gasteiger charge is -2.06. The molecule has 0 aliphatic heterocycles. The molecular weight excluding hydrogens is 296 g/mol. The predicted octanol–water partition coefficient (Wildman–Crippen LogP) is 2.79. The van der Waals surface area contributed by atoms with Gasteiger partial charge in [-0.1, -0.05) is 0 Å². The number of benzene rings is 1. The van der Waals surface area contributed by atoms with Crippen molar-refractivity contribution in [1.29, 1.82) is 0 Å². The van der Waals surface area contributed by atoms with Crippen molar-refractivity contribution in [3.05, 3.63) is 29.6 Å². The molecule has 0 saturated carbocycles. The molecule has 0 unspecified atom stereocenters. The third-order valence-electron chi connectivity index (χ3n) is 1.21. The van der Waals surface area contributed by atoms with Gasteiger partial charge in [0.25, 0.3) is 0 Å². The van der Waals surface area contributed by atoms with E-state index in [1.807, 2.05) is 0 Å². The minimum Gasteiger partial charge on any atom is -0.207 e. The van der Waals surface area contributed by atoms with Crippen LogP contribution in [0.2, 0.25) is 0 Å². The van der Waals surface area contributed by atoms with Crippen LogP contribution >= 0.6 is 29.6 Å². The van der Waals surface area contributed by atoms with Gasteiger partial charge in [0.2, 0.25) is 0 Å². The maximum atomic E-state index is 12.4. The van der Waals surface area contributed by atoms with Gasteiger partial charge in [-0.2, -0.15) is 13.2 Å². The normalized spacial score (nSPS) is 10.1. The Morgan fingerprint density at radius 1 is 1.07 bits per heavy atom. The molecule has 0 heterocycles. The number of halogens is 5. The van der Waals surface area contributed by atoms with E-state index in [4.69, 9.17) is 0 Å². The van der Waals surface area contributed by atoms with Gasteiger partial charge >= 0.3 is 29.2 Å². The first-order chi connectivity index (χ1) is 5.39. The van der Waals surface area contributed by atoms with E-state index < -0.39 is 17.6 Å². The van der Waals surface area contributed by atoms with Crippen LogP contribution < -0.4 is 0 Å². The van der Waals surface area contributed by atoms with Gasteiger partial charge in [0.1, 0.15) is 5.82 Å². The van der Waals surface area contributed by atoms with Gasteiger partial charge in [0, 0.05) is 4.90 Å². The molecule has 0 nitrogen and oxygen atoms in total. The average molecular weight is 303 g/mol. The van der Waals surface area contributed by atoms with Gasteiger partial charge < -0.3 is 0 Å². The molecule has 1 aromatic rings. The van der Waals surface area contributed by atoms with Crippen molar-refractivity contribution in [3.8, 4) is 0 Å². The summed E-state index contributed by atoms with van der Waals surface area (Å²) in [7, 11) is 0. The maximum absolute atomic E-state index is 12.4. The highest BCUT2D eigenvalue weighted by Crippen LogP contribution is 2.30. The molecule has 1 aromatic carbocycles. The zero-order chi connectivity index (χ0) is 9.35. The minimum absolute atomic E-state index is 0. The Labute approximate surface area is 110 Å². The second-order valence-electron chi connectivity index (χ2n) is 2.20. The molecule has 0 amide bonds. The van der Waals surface area contributed by atoms with E-state index in [9.17, 15) is 17.6 Å². The summed E-state index contributed by atoms with van der Waals surface area (Å²) in [4.78, 5) is -0.0395. The number of hydrogen-bond acceptors (Lipinski definition) is 1. The fourth-order valence-corrected chi connectivity index (χ4v) is 1.00. The van der Waals surface area contributed by atoms with Crippen LogP contribution in [0.4, 0.5) is 17.6 Å². The highest BCUT2D eigenvalue weighted by molar-refractivity contribution is 8.93. The molecule has 0 fully saturated rings. The van der Waals surface area contributed by atoms with Crippen LogP contribution in [0.25, 0.3) is 0 Å². The van der Waals surface area contributed by atoms with E-state index in [1.54, 1.807) is 0 Å². The van der Waals surface area contributed by atoms with Gasteiger partial charge in [-0.3, -0.25) is 0 Å². The molecule has 0 bridgehead atoms. The number of hydrogen-bond donors (Lipinski definition) is 1. The number of thiol groups is 1. The zero-order valence-electron chi connectivity index (χ0n) is 6.10. The van der Waals surface area contributed by atoms with E-state index >= 15 is 0 Å². The fourth-order valence-electron chi connectivity index (χ4n) is 0.738. The summed E-state index contributed by atoms with van der Waals surface area (Å²) >= 11 is 3.62. The predicted molar refractivity (Wildman–Crippen MR) is 57.5 cm³/mol. The van der Waals surface area contributed by atoms with E-state index in [2.05, 4.69) is 12.6 Å². The van der Waals surface area contributed by atoms with E-state index in [1.165, 1.54) is 0 Å². The van der Waals surface area contributed by atoms with Gasteiger partial charge in [0.15, 0.2) is 0 Å². The molecule has 0 aromatic heterocycles. The van der Waals surface area contributed by atoms with Crippen LogP contribution in [0.5, 0.6) is 0 Å². The maximum Gasteiger partial charge on any atom is 0.416 e. The smallest absolute Gasteiger partial charge is 0.207 e. The van der Waals surface area contributed by atoms with Gasteiger partial charge in [-0.15, -0.1) is 29.6 Å². The standard InChI is InChI=1S/C7H4F4S.BrH.Mg.2H/c8-5-1-4(7(9,10)11)2-6(12)3-5;;;;/h1-3,12H;1H;;;. The summed E-state index contributed by atoms with van der Waals surface area (Å²) in [6.07, 6.45) is -4.51. The minimum atomic E-state index is -4.51. The molecule has 0 aliphatic rings. The van der Waals surface area contributed by atoms with Crippen LogP contribution in [0.3, 0.4) is 0 Å². The van der Waals surface area contributed by atoms with Gasteiger partial charge in [0.05, 0.1) is 5.56 Å². The van der Waals surface area contributed by atoms with Crippen LogP contribution in [-0.2, 0) is 6.18 Å². The summed E-state index contributed by atoms with van der Waals surface area (Å²) in [5.41, 5.74) is -1.02. The summed E-state index contributed by atoms with van der Waals surface area (Å²) in [5, 5.41) is 0. The van der Waals surface area contributed by atoms with Crippen molar-refractivity contribution in [2.45, 2.75) is 11.1 Å². The number of rotatable bonds is 0. The average Bonchev–Trinajstić information content (AvgIpc) is 1.82. The quantitative estimate of drug-likeness (QED) is 0.425. The molecule has 0 aliphatic carbocycles. The highest BCUT2D eigenvalue weighted by atomic mass is 79.9. The molecule has 7 heteroatoms. The first-order valence-electron chi connectivity index (χ1n) is 2.96. The second kappa shape index (κ2) is 6.19. The Bertz CT molecular complexity index is 282. The van der Waals surface area contributed by atoms with Crippen LogP contribution in [0.1, 0.15) is 5.56 Å². The van der Waals surface area contributed by atoms with Crippen LogP contribution in [0.15, 0.2) is 23.1 Å². The molecule has 0 atom stereocenters. The van der Waals surface area contributed by atoms with Crippen LogP contribution in [0, 0.1) is 5.82 Å². The van der Waals surface area contributed by atoms with Crippen molar-refractivity contribution < 1.29 is 17.6 Å². The lowest BCUT2D eigenvalue weighted by molar-refractivity contribution is -0.137. The van der Waals surface area contributed by atoms with Gasteiger partial charge in [-0.25, -0.2) is 4.39 Å². The summed E-state index contributed by atoms with van der Waals surface area (Å²) in [5.74, 6) is -0.935. The highest BCUT2D eigenvalue weighted by Gasteiger charge is 2.30. The molecule has 0 N–H and O–H groups in total. The largest absolute Gasteiger partial charge is 0.416 e. The third kappa shape index (κ3) is 4.86. The zero-order valence-corrected chi connectivity index (χ0v) is 8.71. The second-order valence-corrected chi connectivity index (χ2v) is 2.71. The lowest BCUT2D eigenvalue weighted by atomic mass is 10.2. The molecule has 14 heavy (non-hydrogen) atoms. The van der Waals surface area contributed by atoms with Crippen LogP contribution in [-0.4, -0.2) is 23.1 Å². The Morgan fingerprint density at radius 3 is 1.93 bits per heavy atom. The Balaban J connectivity index is 0. The van der Waals surface area contributed by atoms with Crippen molar-refractivity contribution >= 4 is 52.7 Å². The van der Waals surface area contributed by atoms with E-state index in [0.29, 0.717) is 6.07 Å². The first-order valence-corrected chi connectivity index (χ1v) is 3.41. The Morgan fingerprint density at radius 2 is 1.57 bits per heavy atom. The topological polar surface area (TPSA) is 0 Å². The Kier molecular flexibility index (Phi) is 7.50. The summed E-state index contributed by atoms with van der Waals surface area (Å²) < 4.78 is 48.3. The molecule has 78 valence electrons.